The lowest BCUT2D eigenvalue weighted by Gasteiger charge is -2.30. The minimum absolute atomic E-state index is 0.0583. The van der Waals surface area contributed by atoms with Gasteiger partial charge in [0.2, 0.25) is 0 Å². The molecule has 0 radical (unpaired) electrons. The molecule has 0 N–H and O–H groups in total. The molecule has 3 rings (SSSR count). The number of carbonyl (C=O) groups excluding carboxylic acids is 3. The molecule has 6 nitrogen and oxygen atoms in total. The normalized spacial score (nSPS) is 18.8. The predicted molar refractivity (Wildman–Crippen MR) is 79.6 cm³/mol. The zero-order valence-corrected chi connectivity index (χ0v) is 12.2. The third kappa shape index (κ3) is 2.42. The number of carbonyl (C=O) groups is 3. The molecule has 1 aromatic carbocycles. The highest BCUT2D eigenvalue weighted by atomic mass is 16.2. The van der Waals surface area contributed by atoms with Gasteiger partial charge in [0.25, 0.3) is 0 Å². The van der Waals surface area contributed by atoms with Crippen molar-refractivity contribution in [2.45, 2.75) is 13.0 Å². The molecule has 4 amide bonds. The van der Waals surface area contributed by atoms with Crippen LogP contribution in [0.4, 0.5) is 4.79 Å². The first-order chi connectivity index (χ1) is 10.6. The van der Waals surface area contributed by atoms with Crippen LogP contribution in [0.3, 0.4) is 0 Å². The van der Waals surface area contributed by atoms with E-state index < -0.39 is 17.8 Å². The van der Waals surface area contributed by atoms with E-state index in [2.05, 4.69) is 12.6 Å². The van der Waals surface area contributed by atoms with Gasteiger partial charge in [0.15, 0.2) is 0 Å². The van der Waals surface area contributed by atoms with Crippen LogP contribution in [0, 0.1) is 0 Å². The number of nitrogens with zero attached hydrogens (tertiary/aromatic N) is 3. The Morgan fingerprint density at radius 2 is 1.73 bits per heavy atom. The first-order valence-corrected chi connectivity index (χ1v) is 7.19. The molecule has 2 heterocycles. The average molecular weight is 299 g/mol. The Bertz CT molecular complexity index is 656. The zero-order chi connectivity index (χ0) is 15.7. The second kappa shape index (κ2) is 5.73. The molecule has 0 unspecified atom stereocenters. The Labute approximate surface area is 128 Å². The van der Waals surface area contributed by atoms with Crippen LogP contribution in [0.2, 0.25) is 0 Å². The van der Waals surface area contributed by atoms with E-state index in [0.29, 0.717) is 6.54 Å². The topological polar surface area (TPSA) is 60.9 Å². The largest absolute Gasteiger partial charge is 0.335 e. The number of benzene rings is 1. The Morgan fingerprint density at radius 1 is 1.05 bits per heavy atom. The van der Waals surface area contributed by atoms with Crippen LogP contribution in [-0.2, 0) is 22.6 Å². The van der Waals surface area contributed by atoms with E-state index in [9.17, 15) is 14.4 Å². The number of hydrogen-bond donors (Lipinski definition) is 0. The highest BCUT2D eigenvalue weighted by molar-refractivity contribution is 6.44. The van der Waals surface area contributed by atoms with Crippen molar-refractivity contribution in [2.24, 2.45) is 0 Å². The Kier molecular flexibility index (Phi) is 3.77. The second-order valence-electron chi connectivity index (χ2n) is 5.43. The van der Waals surface area contributed by atoms with Crippen LogP contribution < -0.4 is 0 Å². The van der Waals surface area contributed by atoms with Crippen molar-refractivity contribution < 1.29 is 14.4 Å². The summed E-state index contributed by atoms with van der Waals surface area (Å²) in [6.07, 6.45) is 2.31. The van der Waals surface area contributed by atoms with Gasteiger partial charge in [-0.15, -0.1) is 6.58 Å². The molecule has 114 valence electrons. The summed E-state index contributed by atoms with van der Waals surface area (Å²) in [5.74, 6) is -1.53. The molecule has 0 spiro atoms. The third-order valence-electron chi connectivity index (χ3n) is 4.00. The standard InChI is InChI=1S/C16H17N3O3/c1-2-8-18-14(20)15(21)19(16(18)22)11-17-9-7-12-5-3-4-6-13(12)10-17/h2-6H,1,7-11H2. The van der Waals surface area contributed by atoms with E-state index in [4.69, 9.17) is 0 Å². The minimum atomic E-state index is -0.776. The molecule has 1 fully saturated rings. The summed E-state index contributed by atoms with van der Waals surface area (Å²) in [6, 6.07) is 7.56. The highest BCUT2D eigenvalue weighted by Gasteiger charge is 2.44. The average Bonchev–Trinajstić information content (AvgIpc) is 2.73. The Hall–Kier alpha value is -2.47. The molecule has 1 saturated heterocycles. The molecule has 22 heavy (non-hydrogen) atoms. The van der Waals surface area contributed by atoms with Gasteiger partial charge in [0.05, 0.1) is 6.67 Å². The monoisotopic (exact) mass is 299 g/mol. The maximum absolute atomic E-state index is 12.2. The Balaban J connectivity index is 1.72. The third-order valence-corrected chi connectivity index (χ3v) is 4.00. The second-order valence-corrected chi connectivity index (χ2v) is 5.43. The summed E-state index contributed by atoms with van der Waals surface area (Å²) in [6.45, 7) is 5.12. The van der Waals surface area contributed by atoms with Crippen molar-refractivity contribution in [1.29, 1.82) is 0 Å². The van der Waals surface area contributed by atoms with Crippen molar-refractivity contribution in [3.63, 3.8) is 0 Å². The fraction of sp³-hybridized carbons (Fsp3) is 0.312. The van der Waals surface area contributed by atoms with Crippen LogP contribution in [0.15, 0.2) is 36.9 Å². The first kappa shape index (κ1) is 14.5. The summed E-state index contributed by atoms with van der Waals surface area (Å²) < 4.78 is 0. The van der Waals surface area contributed by atoms with Gasteiger partial charge < -0.3 is 0 Å². The number of imide groups is 2. The first-order valence-electron chi connectivity index (χ1n) is 7.19. The number of rotatable bonds is 4. The summed E-state index contributed by atoms with van der Waals surface area (Å²) in [5.41, 5.74) is 2.49. The van der Waals surface area contributed by atoms with E-state index in [1.54, 1.807) is 0 Å². The molecule has 0 aliphatic carbocycles. The lowest BCUT2D eigenvalue weighted by Crippen LogP contribution is -2.44. The van der Waals surface area contributed by atoms with Crippen LogP contribution >= 0.6 is 0 Å². The summed E-state index contributed by atoms with van der Waals surface area (Å²) in [7, 11) is 0. The van der Waals surface area contributed by atoms with Gasteiger partial charge in [-0.2, -0.15) is 0 Å². The number of amides is 4. The highest BCUT2D eigenvalue weighted by Crippen LogP contribution is 2.20. The van der Waals surface area contributed by atoms with E-state index in [1.165, 1.54) is 17.2 Å². The molecule has 1 aromatic rings. The number of hydrogen-bond acceptors (Lipinski definition) is 4. The summed E-state index contributed by atoms with van der Waals surface area (Å²) >= 11 is 0. The minimum Gasteiger partial charge on any atom is -0.281 e. The van der Waals surface area contributed by atoms with Crippen LogP contribution in [0.25, 0.3) is 0 Å². The van der Waals surface area contributed by atoms with E-state index in [1.807, 2.05) is 23.1 Å². The van der Waals surface area contributed by atoms with Crippen LogP contribution in [0.1, 0.15) is 11.1 Å². The maximum Gasteiger partial charge on any atom is 0.335 e. The molecule has 0 aromatic heterocycles. The Morgan fingerprint density at radius 3 is 2.45 bits per heavy atom. The number of fused-ring (bicyclic) bond motifs is 1. The van der Waals surface area contributed by atoms with Crippen molar-refractivity contribution in [3.05, 3.63) is 48.0 Å². The van der Waals surface area contributed by atoms with E-state index in [0.717, 1.165) is 22.8 Å². The lowest BCUT2D eigenvalue weighted by molar-refractivity contribution is -0.143. The molecule has 0 atom stereocenters. The van der Waals surface area contributed by atoms with Crippen LogP contribution in [-0.4, -0.2) is 52.3 Å². The van der Waals surface area contributed by atoms with E-state index >= 15 is 0 Å². The summed E-state index contributed by atoms with van der Waals surface area (Å²) in [4.78, 5) is 39.9. The molecular weight excluding hydrogens is 282 g/mol. The maximum atomic E-state index is 12.2. The fourth-order valence-electron chi connectivity index (χ4n) is 2.84. The molecule has 2 aliphatic rings. The quantitative estimate of drug-likeness (QED) is 0.472. The van der Waals surface area contributed by atoms with Crippen molar-refractivity contribution in [1.82, 2.24) is 14.7 Å². The fourth-order valence-corrected chi connectivity index (χ4v) is 2.84. The van der Waals surface area contributed by atoms with Gasteiger partial charge in [-0.05, 0) is 17.5 Å². The summed E-state index contributed by atoms with van der Waals surface area (Å²) in [5, 5.41) is 0. The lowest BCUT2D eigenvalue weighted by atomic mass is 10.0. The predicted octanol–water partition coefficient (Wildman–Crippen LogP) is 0.979. The molecule has 6 heteroatoms. The molecule has 0 saturated carbocycles. The van der Waals surface area contributed by atoms with Gasteiger partial charge in [0, 0.05) is 19.6 Å². The van der Waals surface area contributed by atoms with Crippen molar-refractivity contribution in [3.8, 4) is 0 Å². The van der Waals surface area contributed by atoms with Crippen LogP contribution in [0.5, 0.6) is 0 Å². The van der Waals surface area contributed by atoms with Gasteiger partial charge in [-0.3, -0.25) is 19.4 Å². The molecule has 2 aliphatic heterocycles. The molecular formula is C16H17N3O3. The zero-order valence-electron chi connectivity index (χ0n) is 12.2. The van der Waals surface area contributed by atoms with E-state index in [-0.39, 0.29) is 13.2 Å². The van der Waals surface area contributed by atoms with Gasteiger partial charge in [-0.1, -0.05) is 30.3 Å². The van der Waals surface area contributed by atoms with Gasteiger partial charge in [-0.25, -0.2) is 9.69 Å². The number of urea groups is 1. The van der Waals surface area contributed by atoms with Gasteiger partial charge in [0.1, 0.15) is 0 Å². The SMILES string of the molecule is C=CCN1C(=O)C(=O)N(CN2CCc3ccccc3C2)C1=O. The van der Waals surface area contributed by atoms with Gasteiger partial charge >= 0.3 is 17.8 Å². The van der Waals surface area contributed by atoms with Crippen molar-refractivity contribution >= 4 is 17.8 Å². The molecule has 0 bridgehead atoms. The smallest absolute Gasteiger partial charge is 0.281 e. The van der Waals surface area contributed by atoms with Crippen molar-refractivity contribution in [2.75, 3.05) is 19.8 Å².